The second-order valence-electron chi connectivity index (χ2n) is 5.62. The number of hydrogen-bond donors (Lipinski definition) is 1. The fourth-order valence-corrected chi connectivity index (χ4v) is 2.86. The Morgan fingerprint density at radius 2 is 2.30 bits per heavy atom. The van der Waals surface area contributed by atoms with E-state index in [0.29, 0.717) is 12.6 Å². The molecule has 7 nitrogen and oxygen atoms in total. The first kappa shape index (κ1) is 15.6. The number of carbonyl (C=O) groups is 1. The zero-order valence-electron chi connectivity index (χ0n) is 13.4. The Morgan fingerprint density at radius 3 is 3.09 bits per heavy atom. The van der Waals surface area contributed by atoms with Gasteiger partial charge in [0, 0.05) is 37.4 Å². The second kappa shape index (κ2) is 6.87. The molecule has 0 aliphatic carbocycles. The maximum absolute atomic E-state index is 12.7. The molecule has 23 heavy (non-hydrogen) atoms. The van der Waals surface area contributed by atoms with Crippen molar-refractivity contribution in [1.82, 2.24) is 19.5 Å². The number of rotatable bonds is 4. The van der Waals surface area contributed by atoms with Gasteiger partial charge in [-0.25, -0.2) is 15.0 Å². The van der Waals surface area contributed by atoms with Gasteiger partial charge in [0.15, 0.2) is 0 Å². The van der Waals surface area contributed by atoms with Gasteiger partial charge in [-0.2, -0.15) is 0 Å². The molecule has 7 heteroatoms. The molecule has 2 aromatic heterocycles. The molecule has 0 spiro atoms. The molecule has 0 radical (unpaired) electrons. The van der Waals surface area contributed by atoms with E-state index in [1.165, 1.54) is 0 Å². The minimum Gasteiger partial charge on any atom is -0.369 e. The van der Waals surface area contributed by atoms with Crippen LogP contribution in [0.25, 0.3) is 0 Å². The monoisotopic (exact) mass is 315 g/mol. The number of carbonyl (C=O) groups excluding carboxylic acids is 1. The molecule has 1 amide bonds. The van der Waals surface area contributed by atoms with Crippen LogP contribution in [0.1, 0.15) is 37.4 Å². The van der Waals surface area contributed by atoms with Gasteiger partial charge in [-0.05, 0) is 32.8 Å². The summed E-state index contributed by atoms with van der Waals surface area (Å²) in [6.07, 6.45) is 6.58. The minimum absolute atomic E-state index is 0.119. The summed E-state index contributed by atoms with van der Waals surface area (Å²) in [5.41, 5.74) is 0.813. The third-order valence-electron chi connectivity index (χ3n) is 4.03. The highest BCUT2D eigenvalue weighted by molar-refractivity contribution is 5.91. The van der Waals surface area contributed by atoms with E-state index in [1.54, 1.807) is 18.5 Å². The minimum atomic E-state index is -0.330. The summed E-state index contributed by atoms with van der Waals surface area (Å²) in [6.45, 7) is 5.35. The van der Waals surface area contributed by atoms with Crippen LogP contribution in [0.5, 0.6) is 0 Å². The Hall–Kier alpha value is -2.28. The van der Waals surface area contributed by atoms with E-state index in [1.807, 2.05) is 24.6 Å². The van der Waals surface area contributed by atoms with Crippen LogP contribution >= 0.6 is 0 Å². The first-order valence-electron chi connectivity index (χ1n) is 7.92. The second-order valence-corrected chi connectivity index (χ2v) is 5.62. The van der Waals surface area contributed by atoms with Crippen LogP contribution in [0.3, 0.4) is 0 Å². The molecule has 122 valence electrons. The van der Waals surface area contributed by atoms with Gasteiger partial charge in [0.25, 0.3) is 0 Å². The van der Waals surface area contributed by atoms with Gasteiger partial charge in [-0.15, -0.1) is 0 Å². The SMILES string of the molecule is CCn1ccnc1[C@@H]1OCCC[C@H]1C(=O)Nc1nccc(C)n1. The molecule has 1 aliphatic rings. The quantitative estimate of drug-likeness (QED) is 0.934. The largest absolute Gasteiger partial charge is 0.369 e. The lowest BCUT2D eigenvalue weighted by atomic mass is 9.92. The van der Waals surface area contributed by atoms with Gasteiger partial charge < -0.3 is 9.30 Å². The Morgan fingerprint density at radius 1 is 1.43 bits per heavy atom. The highest BCUT2D eigenvalue weighted by Gasteiger charge is 2.35. The molecule has 3 heterocycles. The molecule has 0 aromatic carbocycles. The van der Waals surface area contributed by atoms with Crippen LogP contribution in [0, 0.1) is 12.8 Å². The Bertz CT molecular complexity index is 685. The summed E-state index contributed by atoms with van der Waals surface area (Å²) in [5, 5.41) is 2.80. The summed E-state index contributed by atoms with van der Waals surface area (Å²) in [7, 11) is 0. The molecule has 2 aromatic rings. The van der Waals surface area contributed by atoms with Crippen LogP contribution in [0.15, 0.2) is 24.7 Å². The molecule has 0 bridgehead atoms. The van der Waals surface area contributed by atoms with E-state index in [9.17, 15) is 4.79 Å². The number of ether oxygens (including phenoxy) is 1. The van der Waals surface area contributed by atoms with Gasteiger partial charge in [0.2, 0.25) is 11.9 Å². The lowest BCUT2D eigenvalue weighted by molar-refractivity contribution is -0.130. The van der Waals surface area contributed by atoms with Gasteiger partial charge in [-0.1, -0.05) is 0 Å². The zero-order chi connectivity index (χ0) is 16.2. The maximum atomic E-state index is 12.7. The van der Waals surface area contributed by atoms with Gasteiger partial charge >= 0.3 is 0 Å². The van der Waals surface area contributed by atoms with Crippen LogP contribution < -0.4 is 5.32 Å². The number of aryl methyl sites for hydroxylation is 2. The Kier molecular flexibility index (Phi) is 4.66. The van der Waals surface area contributed by atoms with Crippen molar-refractivity contribution >= 4 is 11.9 Å². The van der Waals surface area contributed by atoms with Crippen molar-refractivity contribution in [3.8, 4) is 0 Å². The molecule has 1 aliphatic heterocycles. The summed E-state index contributed by atoms with van der Waals surface area (Å²) in [5.74, 6) is 0.724. The lowest BCUT2D eigenvalue weighted by Crippen LogP contribution is -2.35. The fraction of sp³-hybridized carbons (Fsp3) is 0.500. The van der Waals surface area contributed by atoms with E-state index in [-0.39, 0.29) is 17.9 Å². The first-order valence-corrected chi connectivity index (χ1v) is 7.92. The van der Waals surface area contributed by atoms with Crippen molar-refractivity contribution in [2.75, 3.05) is 11.9 Å². The number of nitrogens with zero attached hydrogens (tertiary/aromatic N) is 4. The standard InChI is InChI=1S/C16H21N5O2/c1-3-21-9-8-17-14(21)13-12(5-4-10-23-13)15(22)20-16-18-7-6-11(2)19-16/h6-9,12-13H,3-5,10H2,1-2H3,(H,18,19,20,22)/t12-,13-/m1/s1. The van der Waals surface area contributed by atoms with Crippen LogP contribution in [0.2, 0.25) is 0 Å². The molecule has 1 fully saturated rings. The van der Waals surface area contributed by atoms with Gasteiger partial charge in [-0.3, -0.25) is 10.1 Å². The predicted octanol–water partition coefficient (Wildman–Crippen LogP) is 2.11. The third-order valence-corrected chi connectivity index (χ3v) is 4.03. The van der Waals surface area contributed by atoms with E-state index in [4.69, 9.17) is 4.74 Å². The van der Waals surface area contributed by atoms with Crippen LogP contribution in [-0.2, 0) is 16.1 Å². The van der Waals surface area contributed by atoms with Crippen molar-refractivity contribution in [3.05, 3.63) is 36.2 Å². The van der Waals surface area contributed by atoms with Crippen LogP contribution in [0.4, 0.5) is 5.95 Å². The highest BCUT2D eigenvalue weighted by Crippen LogP contribution is 2.33. The molecular formula is C16H21N5O2. The number of aromatic nitrogens is 4. The number of amides is 1. The van der Waals surface area contributed by atoms with Crippen molar-refractivity contribution in [1.29, 1.82) is 0 Å². The van der Waals surface area contributed by atoms with Crippen molar-refractivity contribution in [2.24, 2.45) is 5.92 Å². The fourth-order valence-electron chi connectivity index (χ4n) is 2.86. The van der Waals surface area contributed by atoms with Crippen molar-refractivity contribution in [2.45, 2.75) is 39.3 Å². The first-order chi connectivity index (χ1) is 11.2. The summed E-state index contributed by atoms with van der Waals surface area (Å²) >= 11 is 0. The Balaban J connectivity index is 1.79. The van der Waals surface area contributed by atoms with E-state index in [0.717, 1.165) is 30.9 Å². The topological polar surface area (TPSA) is 81.9 Å². The highest BCUT2D eigenvalue weighted by atomic mass is 16.5. The average molecular weight is 315 g/mol. The number of hydrogen-bond acceptors (Lipinski definition) is 5. The molecule has 3 rings (SSSR count). The van der Waals surface area contributed by atoms with E-state index >= 15 is 0 Å². The van der Waals surface area contributed by atoms with Crippen LogP contribution in [-0.4, -0.2) is 32.0 Å². The van der Waals surface area contributed by atoms with E-state index in [2.05, 4.69) is 20.3 Å². The molecule has 1 N–H and O–H groups in total. The normalized spacial score (nSPS) is 21.1. The molecule has 2 atom stereocenters. The summed E-state index contributed by atoms with van der Waals surface area (Å²) in [6, 6.07) is 1.79. The summed E-state index contributed by atoms with van der Waals surface area (Å²) < 4.78 is 7.89. The maximum Gasteiger partial charge on any atom is 0.232 e. The zero-order valence-corrected chi connectivity index (χ0v) is 13.4. The van der Waals surface area contributed by atoms with Gasteiger partial charge in [0.05, 0.1) is 5.92 Å². The number of imidazole rings is 1. The molecular weight excluding hydrogens is 294 g/mol. The summed E-state index contributed by atoms with van der Waals surface area (Å²) in [4.78, 5) is 25.4. The van der Waals surface area contributed by atoms with Crippen molar-refractivity contribution in [3.63, 3.8) is 0 Å². The number of anilines is 1. The Labute approximate surface area is 135 Å². The number of nitrogens with one attached hydrogen (secondary N) is 1. The molecule has 0 unspecified atom stereocenters. The van der Waals surface area contributed by atoms with Crippen molar-refractivity contribution < 1.29 is 9.53 Å². The third kappa shape index (κ3) is 3.39. The lowest BCUT2D eigenvalue weighted by Gasteiger charge is -2.30. The van der Waals surface area contributed by atoms with Gasteiger partial charge in [0.1, 0.15) is 11.9 Å². The smallest absolute Gasteiger partial charge is 0.232 e. The molecule has 0 saturated carbocycles. The van der Waals surface area contributed by atoms with E-state index < -0.39 is 0 Å². The molecule has 1 saturated heterocycles. The average Bonchev–Trinajstić information content (AvgIpc) is 3.03. The predicted molar refractivity (Wildman–Crippen MR) is 84.7 cm³/mol.